The van der Waals surface area contributed by atoms with Crippen molar-refractivity contribution >= 4 is 5.84 Å². The van der Waals surface area contributed by atoms with E-state index >= 15 is 0 Å². The molecule has 0 fully saturated rings. The number of nitrogens with zero attached hydrogens (tertiary/aromatic N) is 1. The summed E-state index contributed by atoms with van der Waals surface area (Å²) in [7, 11) is 0. The Morgan fingerprint density at radius 2 is 2.33 bits per heavy atom. The molecule has 0 aliphatic rings. The monoisotopic (exact) mass is 176 g/mol. The molecule has 0 amide bonds. The number of hydrogen-bond donors (Lipinski definition) is 2. The Bertz CT molecular complexity index is 139. The molecule has 0 aromatic rings. The maximum Gasteiger partial charge on any atom is 0.165 e. The predicted octanol–water partition coefficient (Wildman–Crippen LogP) is 0.174. The molecule has 1 unspecified atom stereocenters. The second-order valence-corrected chi connectivity index (χ2v) is 2.37. The molecule has 0 radical (unpaired) electrons. The van der Waals surface area contributed by atoms with E-state index in [0.717, 1.165) is 0 Å². The lowest BCUT2D eigenvalue weighted by Crippen LogP contribution is -2.25. The van der Waals surface area contributed by atoms with Gasteiger partial charge in [-0.1, -0.05) is 5.16 Å². The van der Waals surface area contributed by atoms with Crippen LogP contribution in [0, 0.1) is 0 Å². The fourth-order valence-corrected chi connectivity index (χ4v) is 0.588. The lowest BCUT2D eigenvalue weighted by Gasteiger charge is -2.11. The van der Waals surface area contributed by atoms with Crippen molar-refractivity contribution in [3.05, 3.63) is 0 Å². The molecular weight excluding hydrogens is 160 g/mol. The first-order chi connectivity index (χ1) is 5.70. The van der Waals surface area contributed by atoms with Crippen molar-refractivity contribution in [3.8, 4) is 0 Å². The number of amidine groups is 1. The van der Waals surface area contributed by atoms with Crippen molar-refractivity contribution in [2.45, 2.75) is 20.0 Å². The molecule has 72 valence electrons. The number of nitrogens with two attached hydrogens (primary N) is 1. The molecule has 0 heterocycles. The van der Waals surface area contributed by atoms with Crippen LogP contribution in [0.5, 0.6) is 0 Å². The van der Waals surface area contributed by atoms with Gasteiger partial charge in [-0.25, -0.2) is 0 Å². The summed E-state index contributed by atoms with van der Waals surface area (Å²) < 4.78 is 10.2. The van der Waals surface area contributed by atoms with Gasteiger partial charge in [-0.3, -0.25) is 0 Å². The van der Waals surface area contributed by atoms with Crippen molar-refractivity contribution < 1.29 is 14.7 Å². The van der Waals surface area contributed by atoms with E-state index < -0.39 is 0 Å². The molecule has 1 atom stereocenters. The van der Waals surface area contributed by atoms with Gasteiger partial charge >= 0.3 is 0 Å². The Balaban J connectivity index is 3.37. The van der Waals surface area contributed by atoms with Crippen LogP contribution in [0.15, 0.2) is 5.16 Å². The van der Waals surface area contributed by atoms with Crippen LogP contribution >= 0.6 is 0 Å². The molecule has 0 rings (SSSR count). The highest BCUT2D eigenvalue weighted by Gasteiger charge is 2.02. The molecule has 0 aliphatic carbocycles. The summed E-state index contributed by atoms with van der Waals surface area (Å²) in [4.78, 5) is 0. The summed E-state index contributed by atoms with van der Waals surface area (Å²) in [6.07, 6.45) is -0.0368. The van der Waals surface area contributed by atoms with E-state index in [1.807, 2.05) is 13.8 Å². The Hall–Kier alpha value is -0.810. The third-order valence-electron chi connectivity index (χ3n) is 1.20. The Morgan fingerprint density at radius 1 is 1.67 bits per heavy atom. The van der Waals surface area contributed by atoms with Gasteiger partial charge < -0.3 is 20.4 Å². The highest BCUT2D eigenvalue weighted by Crippen LogP contribution is 1.91. The second-order valence-electron chi connectivity index (χ2n) is 2.37. The average Bonchev–Trinajstić information content (AvgIpc) is 2.10. The zero-order valence-corrected chi connectivity index (χ0v) is 7.49. The average molecular weight is 176 g/mol. The fourth-order valence-electron chi connectivity index (χ4n) is 0.588. The molecule has 12 heavy (non-hydrogen) atoms. The van der Waals surface area contributed by atoms with Crippen molar-refractivity contribution in [2.75, 3.05) is 19.8 Å². The van der Waals surface area contributed by atoms with E-state index in [1.165, 1.54) is 0 Å². The standard InChI is InChI=1S/C7H16N2O3/c1-3-11-4-6(2)12-5-7(8)9-10/h6,10H,3-5H2,1-2H3,(H2,8,9). The second kappa shape index (κ2) is 6.87. The number of rotatable bonds is 6. The zero-order valence-electron chi connectivity index (χ0n) is 7.49. The lowest BCUT2D eigenvalue weighted by atomic mass is 10.4. The summed E-state index contributed by atoms with van der Waals surface area (Å²) in [6.45, 7) is 5.09. The smallest absolute Gasteiger partial charge is 0.165 e. The van der Waals surface area contributed by atoms with Crippen molar-refractivity contribution in [1.82, 2.24) is 0 Å². The third-order valence-corrected chi connectivity index (χ3v) is 1.20. The quantitative estimate of drug-likeness (QED) is 0.262. The normalized spacial score (nSPS) is 14.7. The van der Waals surface area contributed by atoms with E-state index in [1.54, 1.807) is 0 Å². The maximum atomic E-state index is 8.18. The summed E-state index contributed by atoms with van der Waals surface area (Å²) in [5, 5.41) is 10.9. The van der Waals surface area contributed by atoms with Crippen LogP contribution in [0.3, 0.4) is 0 Å². The van der Waals surface area contributed by atoms with Crippen LogP contribution in [0.4, 0.5) is 0 Å². The predicted molar refractivity (Wildman–Crippen MR) is 45.3 cm³/mol. The van der Waals surface area contributed by atoms with Crippen LogP contribution in [0.25, 0.3) is 0 Å². The molecule has 0 spiro atoms. The number of ether oxygens (including phenoxy) is 2. The van der Waals surface area contributed by atoms with Gasteiger partial charge in [0, 0.05) is 6.61 Å². The van der Waals surface area contributed by atoms with Gasteiger partial charge in [-0.2, -0.15) is 0 Å². The molecule has 3 N–H and O–H groups in total. The van der Waals surface area contributed by atoms with Gasteiger partial charge in [-0.15, -0.1) is 0 Å². The molecule has 0 aromatic heterocycles. The highest BCUT2D eigenvalue weighted by atomic mass is 16.5. The van der Waals surface area contributed by atoms with Crippen LogP contribution in [-0.4, -0.2) is 37.0 Å². The summed E-state index contributed by atoms with van der Waals surface area (Å²) in [6, 6.07) is 0. The summed E-state index contributed by atoms with van der Waals surface area (Å²) >= 11 is 0. The van der Waals surface area contributed by atoms with E-state index in [9.17, 15) is 0 Å². The minimum absolute atomic E-state index is 0.0368. The molecule has 0 bridgehead atoms. The molecule has 0 saturated heterocycles. The van der Waals surface area contributed by atoms with Crippen LogP contribution < -0.4 is 5.73 Å². The molecule has 5 heteroatoms. The van der Waals surface area contributed by atoms with E-state index in [4.69, 9.17) is 20.4 Å². The van der Waals surface area contributed by atoms with Crippen LogP contribution in [0.1, 0.15) is 13.8 Å². The summed E-state index contributed by atoms with van der Waals surface area (Å²) in [5.41, 5.74) is 5.18. The SMILES string of the molecule is CCOCC(C)OCC(N)=NO. The molecule has 0 aromatic carbocycles. The Morgan fingerprint density at radius 3 is 2.83 bits per heavy atom. The van der Waals surface area contributed by atoms with E-state index in [-0.39, 0.29) is 18.5 Å². The van der Waals surface area contributed by atoms with Crippen molar-refractivity contribution in [2.24, 2.45) is 10.9 Å². The zero-order chi connectivity index (χ0) is 9.40. The van der Waals surface area contributed by atoms with Gasteiger partial charge in [0.2, 0.25) is 0 Å². The Kier molecular flexibility index (Phi) is 6.41. The minimum atomic E-state index is -0.0368. The number of oxime groups is 1. The minimum Gasteiger partial charge on any atom is -0.409 e. The maximum absolute atomic E-state index is 8.18. The third kappa shape index (κ3) is 5.94. The Labute approximate surface area is 72.1 Å². The lowest BCUT2D eigenvalue weighted by molar-refractivity contribution is 0.0116. The molecule has 0 saturated carbocycles. The van der Waals surface area contributed by atoms with E-state index in [2.05, 4.69) is 5.16 Å². The van der Waals surface area contributed by atoms with Gasteiger partial charge in [0.25, 0.3) is 0 Å². The van der Waals surface area contributed by atoms with Gasteiger partial charge in [0.15, 0.2) is 5.84 Å². The van der Waals surface area contributed by atoms with Crippen molar-refractivity contribution in [1.29, 1.82) is 0 Å². The first-order valence-corrected chi connectivity index (χ1v) is 3.86. The molecule has 5 nitrogen and oxygen atoms in total. The van der Waals surface area contributed by atoms with E-state index in [0.29, 0.717) is 13.2 Å². The first-order valence-electron chi connectivity index (χ1n) is 3.86. The van der Waals surface area contributed by atoms with Gasteiger partial charge in [-0.05, 0) is 13.8 Å². The topological polar surface area (TPSA) is 77.1 Å². The van der Waals surface area contributed by atoms with Gasteiger partial charge in [0.1, 0.15) is 6.61 Å². The summed E-state index contributed by atoms with van der Waals surface area (Å²) in [5.74, 6) is 0.0679. The van der Waals surface area contributed by atoms with Crippen molar-refractivity contribution in [3.63, 3.8) is 0 Å². The largest absolute Gasteiger partial charge is 0.409 e. The van der Waals surface area contributed by atoms with Crippen LogP contribution in [0.2, 0.25) is 0 Å². The van der Waals surface area contributed by atoms with Gasteiger partial charge in [0.05, 0.1) is 12.7 Å². The number of hydrogen-bond acceptors (Lipinski definition) is 4. The molecular formula is C7H16N2O3. The first kappa shape index (κ1) is 11.2. The highest BCUT2D eigenvalue weighted by molar-refractivity contribution is 5.80. The fraction of sp³-hybridized carbons (Fsp3) is 0.857. The molecule has 0 aliphatic heterocycles. The van der Waals surface area contributed by atoms with Crippen LogP contribution in [-0.2, 0) is 9.47 Å².